The minimum Gasteiger partial charge on any atom is -0.324 e. The second-order valence-corrected chi connectivity index (χ2v) is 6.76. The Hall–Kier alpha value is -2.02. The lowest BCUT2D eigenvalue weighted by Gasteiger charge is -2.27. The first-order chi connectivity index (χ1) is 11.3. The Morgan fingerprint density at radius 2 is 1.96 bits per heavy atom. The number of nitrogens with two attached hydrogens (primary N) is 1. The van der Waals surface area contributed by atoms with Gasteiger partial charge in [0, 0.05) is 24.5 Å². The van der Waals surface area contributed by atoms with Crippen molar-refractivity contribution in [3.05, 3.63) is 58.3 Å². The van der Waals surface area contributed by atoms with Crippen LogP contribution in [0.4, 0.5) is 0 Å². The van der Waals surface area contributed by atoms with Gasteiger partial charge < -0.3 is 10.3 Å². The van der Waals surface area contributed by atoms with Crippen LogP contribution < -0.4 is 5.73 Å². The molecule has 5 nitrogen and oxygen atoms in total. The third-order valence-electron chi connectivity index (χ3n) is 4.23. The van der Waals surface area contributed by atoms with Gasteiger partial charge in [-0.05, 0) is 22.6 Å². The van der Waals surface area contributed by atoms with Crippen LogP contribution in [-0.2, 0) is 26.2 Å². The van der Waals surface area contributed by atoms with Gasteiger partial charge in [0.05, 0.1) is 13.1 Å². The SMILES string of the molecule is NCc1nnc2n1CCN(Cc1cc(-c3ccccc3)cs1)C2. The highest BCUT2D eigenvalue weighted by Crippen LogP contribution is 2.27. The van der Waals surface area contributed by atoms with Gasteiger partial charge in [-0.15, -0.1) is 21.5 Å². The lowest BCUT2D eigenvalue weighted by Crippen LogP contribution is -2.34. The summed E-state index contributed by atoms with van der Waals surface area (Å²) >= 11 is 1.82. The molecule has 2 aromatic heterocycles. The number of nitrogens with zero attached hydrogens (tertiary/aromatic N) is 4. The highest BCUT2D eigenvalue weighted by atomic mass is 32.1. The van der Waals surface area contributed by atoms with Crippen LogP contribution >= 0.6 is 11.3 Å². The van der Waals surface area contributed by atoms with Gasteiger partial charge in [-0.1, -0.05) is 30.3 Å². The van der Waals surface area contributed by atoms with Crippen LogP contribution in [0.3, 0.4) is 0 Å². The molecule has 0 spiro atoms. The van der Waals surface area contributed by atoms with E-state index in [0.717, 1.165) is 37.8 Å². The molecule has 1 aliphatic heterocycles. The van der Waals surface area contributed by atoms with Crippen LogP contribution in [0.15, 0.2) is 41.8 Å². The summed E-state index contributed by atoms with van der Waals surface area (Å²) in [5.74, 6) is 1.92. The summed E-state index contributed by atoms with van der Waals surface area (Å²) < 4.78 is 2.15. The normalized spacial score (nSPS) is 14.8. The summed E-state index contributed by atoms with van der Waals surface area (Å²) in [6, 6.07) is 12.8. The molecule has 6 heteroatoms. The number of thiophene rings is 1. The first-order valence-electron chi connectivity index (χ1n) is 7.79. The first-order valence-corrected chi connectivity index (χ1v) is 8.67. The third-order valence-corrected chi connectivity index (χ3v) is 5.15. The molecule has 0 amide bonds. The van der Waals surface area contributed by atoms with Gasteiger partial charge in [-0.25, -0.2) is 0 Å². The molecule has 0 bridgehead atoms. The Morgan fingerprint density at radius 3 is 2.78 bits per heavy atom. The van der Waals surface area contributed by atoms with Crippen molar-refractivity contribution in [1.82, 2.24) is 19.7 Å². The molecule has 1 aliphatic rings. The van der Waals surface area contributed by atoms with Crippen molar-refractivity contribution in [2.45, 2.75) is 26.2 Å². The maximum atomic E-state index is 5.70. The van der Waals surface area contributed by atoms with E-state index in [9.17, 15) is 0 Å². The van der Waals surface area contributed by atoms with Gasteiger partial charge in [-0.2, -0.15) is 0 Å². The molecule has 4 rings (SSSR count). The van der Waals surface area contributed by atoms with Crippen molar-refractivity contribution in [3.63, 3.8) is 0 Å². The average Bonchev–Trinajstić information content (AvgIpc) is 3.22. The molecule has 0 saturated heterocycles. The first kappa shape index (κ1) is 14.6. The van der Waals surface area contributed by atoms with Gasteiger partial charge in [0.25, 0.3) is 0 Å². The van der Waals surface area contributed by atoms with Crippen LogP contribution in [0.25, 0.3) is 11.1 Å². The molecule has 0 aliphatic carbocycles. The van der Waals surface area contributed by atoms with E-state index in [4.69, 9.17) is 5.73 Å². The van der Waals surface area contributed by atoms with Gasteiger partial charge in [0.2, 0.25) is 0 Å². The molecule has 3 heterocycles. The third kappa shape index (κ3) is 2.93. The predicted octanol–water partition coefficient (Wildman–Crippen LogP) is 2.48. The number of aromatic nitrogens is 3. The van der Waals surface area contributed by atoms with E-state index in [1.807, 2.05) is 11.3 Å². The lowest BCUT2D eigenvalue weighted by atomic mass is 10.1. The lowest BCUT2D eigenvalue weighted by molar-refractivity contribution is 0.209. The van der Waals surface area contributed by atoms with Crippen LogP contribution in [0, 0.1) is 0 Å². The van der Waals surface area contributed by atoms with Crippen LogP contribution in [0.1, 0.15) is 16.5 Å². The zero-order valence-electron chi connectivity index (χ0n) is 12.9. The van der Waals surface area contributed by atoms with Crippen molar-refractivity contribution >= 4 is 11.3 Å². The fourth-order valence-electron chi connectivity index (χ4n) is 3.02. The number of fused-ring (bicyclic) bond motifs is 1. The van der Waals surface area contributed by atoms with Crippen molar-refractivity contribution in [2.75, 3.05) is 6.54 Å². The fourth-order valence-corrected chi connectivity index (χ4v) is 3.95. The minimum absolute atomic E-state index is 0.457. The summed E-state index contributed by atoms with van der Waals surface area (Å²) in [6.07, 6.45) is 0. The zero-order chi connectivity index (χ0) is 15.6. The molecule has 2 N–H and O–H groups in total. The van der Waals surface area contributed by atoms with E-state index in [0.29, 0.717) is 6.54 Å². The molecule has 0 radical (unpaired) electrons. The van der Waals surface area contributed by atoms with E-state index in [-0.39, 0.29) is 0 Å². The quantitative estimate of drug-likeness (QED) is 0.800. The molecule has 0 atom stereocenters. The molecule has 1 aromatic carbocycles. The monoisotopic (exact) mass is 325 g/mol. The van der Waals surface area contributed by atoms with E-state index >= 15 is 0 Å². The maximum absolute atomic E-state index is 5.70. The van der Waals surface area contributed by atoms with E-state index in [2.05, 4.69) is 61.4 Å². The largest absolute Gasteiger partial charge is 0.324 e. The molecule has 118 valence electrons. The highest BCUT2D eigenvalue weighted by molar-refractivity contribution is 7.10. The predicted molar refractivity (Wildman–Crippen MR) is 91.8 cm³/mol. The maximum Gasteiger partial charge on any atom is 0.147 e. The van der Waals surface area contributed by atoms with Gasteiger partial charge in [-0.3, -0.25) is 4.90 Å². The van der Waals surface area contributed by atoms with Crippen LogP contribution in [0.5, 0.6) is 0 Å². The molecule has 23 heavy (non-hydrogen) atoms. The molecule has 0 saturated carbocycles. The summed E-state index contributed by atoms with van der Waals surface area (Å²) in [5, 5.41) is 10.7. The van der Waals surface area contributed by atoms with Crippen molar-refractivity contribution in [3.8, 4) is 11.1 Å². The Morgan fingerprint density at radius 1 is 1.09 bits per heavy atom. The molecule has 0 unspecified atom stereocenters. The fraction of sp³-hybridized carbons (Fsp3) is 0.294. The van der Waals surface area contributed by atoms with Gasteiger partial charge in [0.1, 0.15) is 11.6 Å². The standard InChI is InChI=1S/C17H19N5S/c18-9-16-19-20-17-11-21(6-7-22(16)17)10-15-8-14(12-23-15)13-4-2-1-3-5-13/h1-5,8,12H,6-7,9-11,18H2. The van der Waals surface area contributed by atoms with E-state index < -0.39 is 0 Å². The van der Waals surface area contributed by atoms with Crippen molar-refractivity contribution in [2.24, 2.45) is 5.73 Å². The summed E-state index contributed by atoms with van der Waals surface area (Å²) in [6.45, 7) is 4.19. The number of rotatable bonds is 4. The zero-order valence-corrected chi connectivity index (χ0v) is 13.7. The second-order valence-electron chi connectivity index (χ2n) is 5.77. The highest BCUT2D eigenvalue weighted by Gasteiger charge is 2.20. The molecular formula is C17H19N5S. The number of benzene rings is 1. The number of hydrogen-bond acceptors (Lipinski definition) is 5. The summed E-state index contributed by atoms with van der Waals surface area (Å²) in [7, 11) is 0. The second kappa shape index (κ2) is 6.23. The Labute approximate surface area is 139 Å². The minimum atomic E-state index is 0.457. The van der Waals surface area contributed by atoms with Crippen molar-refractivity contribution in [1.29, 1.82) is 0 Å². The van der Waals surface area contributed by atoms with Crippen LogP contribution in [-0.4, -0.2) is 26.2 Å². The topological polar surface area (TPSA) is 60.0 Å². The average molecular weight is 325 g/mol. The Balaban J connectivity index is 1.46. The molecular weight excluding hydrogens is 306 g/mol. The molecule has 3 aromatic rings. The van der Waals surface area contributed by atoms with Crippen molar-refractivity contribution < 1.29 is 0 Å². The Bertz CT molecular complexity index is 792. The smallest absolute Gasteiger partial charge is 0.147 e. The summed E-state index contributed by atoms with van der Waals surface area (Å²) in [5.41, 5.74) is 8.28. The Kier molecular flexibility index (Phi) is 3.95. The number of hydrogen-bond donors (Lipinski definition) is 1. The van der Waals surface area contributed by atoms with E-state index in [1.165, 1.54) is 16.0 Å². The van der Waals surface area contributed by atoms with Gasteiger partial charge >= 0.3 is 0 Å². The van der Waals surface area contributed by atoms with E-state index in [1.54, 1.807) is 0 Å². The molecule has 0 fully saturated rings. The van der Waals surface area contributed by atoms with Gasteiger partial charge in [0.15, 0.2) is 0 Å². The summed E-state index contributed by atoms with van der Waals surface area (Å²) in [4.78, 5) is 3.81. The van der Waals surface area contributed by atoms with Crippen LogP contribution in [0.2, 0.25) is 0 Å².